The Balaban J connectivity index is 0. The molecule has 0 heterocycles. The lowest BCUT2D eigenvalue weighted by molar-refractivity contribution is -0.0657. The molecule has 0 spiro atoms. The summed E-state index contributed by atoms with van der Waals surface area (Å²) >= 11 is 0. The third-order valence-corrected chi connectivity index (χ3v) is 16.3. The van der Waals surface area contributed by atoms with Crippen LogP contribution in [0.3, 0.4) is 0 Å². The zero-order valence-corrected chi connectivity index (χ0v) is 56.5. The van der Waals surface area contributed by atoms with E-state index in [-0.39, 0.29) is 26.4 Å². The Morgan fingerprint density at radius 3 is 0.529 bits per heavy atom. The van der Waals surface area contributed by atoms with Gasteiger partial charge in [-0.05, 0) is 135 Å². The van der Waals surface area contributed by atoms with E-state index in [1.54, 1.807) is 0 Å². The molecule has 87 heavy (non-hydrogen) atoms. The van der Waals surface area contributed by atoms with Crippen LogP contribution in [0.2, 0.25) is 6.55 Å². The first-order valence-electron chi connectivity index (χ1n) is 32.3. The highest BCUT2D eigenvalue weighted by atomic mass is 28.4. The highest BCUT2D eigenvalue weighted by Gasteiger charge is 2.46. The molecule has 0 atom stereocenters. The van der Waals surface area contributed by atoms with Gasteiger partial charge in [0.2, 0.25) is 0 Å². The van der Waals surface area contributed by atoms with Crippen molar-refractivity contribution in [1.82, 2.24) is 0 Å². The fourth-order valence-electron chi connectivity index (χ4n) is 7.16. The van der Waals surface area contributed by atoms with Crippen molar-refractivity contribution in [3.05, 3.63) is 174 Å². The maximum absolute atomic E-state index is 6.22. The Morgan fingerprint density at radius 1 is 0.207 bits per heavy atom. The summed E-state index contributed by atoms with van der Waals surface area (Å²) in [4.78, 5) is 0. The van der Waals surface area contributed by atoms with Crippen molar-refractivity contribution in [2.45, 2.75) is 141 Å². The van der Waals surface area contributed by atoms with Crippen LogP contribution in [-0.4, -0.2) is 157 Å². The standard InChI is InChI=1S/C40H68O8Si.C31H54O6Si/c1-5-9-13-17-21-25-29-41-33-37-45-49(46-38-34-42-30-26-22-18-14-10-6-2,47-39-35-43-31-27-23-19-15-11-7-3)48-40-36-44-32-28-24-20-16-12-8-4;1-5-8-11-14-17-20-23-32-26-29-35-38(4,36-30-27-33-24-21-18-15-12-9-6-2)37-31-28-34-25-22-19-16-13-10-7-3/h5-8,21-28H,1-4,9-20,29-40H2;5-7,17-22H,1-3,8-16,23-31H2,4H3. The van der Waals surface area contributed by atoms with Crippen molar-refractivity contribution in [3.8, 4) is 0 Å². The number of rotatable bonds is 70. The zero-order valence-electron chi connectivity index (χ0n) is 54.5. The predicted octanol–water partition coefficient (Wildman–Crippen LogP) is 16.6. The highest BCUT2D eigenvalue weighted by molar-refractivity contribution is 6.59. The first kappa shape index (κ1) is 85.3. The van der Waals surface area contributed by atoms with Gasteiger partial charge in [0, 0.05) is 6.55 Å². The maximum atomic E-state index is 6.22. The minimum atomic E-state index is -3.59. The van der Waals surface area contributed by atoms with Crippen LogP contribution < -0.4 is 0 Å². The van der Waals surface area contributed by atoms with Crippen molar-refractivity contribution < 1.29 is 64.1 Å². The Labute approximate surface area is 533 Å². The number of allylic oxidation sites excluding steroid dienone is 14. The summed E-state index contributed by atoms with van der Waals surface area (Å²) in [5, 5.41) is 0. The second kappa shape index (κ2) is 74.7. The molecule has 0 saturated heterocycles. The van der Waals surface area contributed by atoms with E-state index in [0.29, 0.717) is 112 Å². The van der Waals surface area contributed by atoms with Crippen LogP contribution in [0, 0.1) is 0 Å². The van der Waals surface area contributed by atoms with Crippen LogP contribution >= 0.6 is 0 Å². The quantitative estimate of drug-likeness (QED) is 0.0325. The van der Waals surface area contributed by atoms with Gasteiger partial charge in [-0.25, -0.2) is 0 Å². The van der Waals surface area contributed by atoms with E-state index in [4.69, 9.17) is 64.1 Å². The second-order valence-corrected chi connectivity index (χ2v) is 24.4. The predicted molar refractivity (Wildman–Crippen MR) is 367 cm³/mol. The average Bonchev–Trinajstić information content (AvgIpc) is 3.66. The number of unbranched alkanes of at least 4 members (excludes halogenated alkanes) is 14. The van der Waals surface area contributed by atoms with Gasteiger partial charge in [0.15, 0.2) is 0 Å². The van der Waals surface area contributed by atoms with Crippen molar-refractivity contribution in [3.63, 3.8) is 0 Å². The lowest BCUT2D eigenvalue weighted by Gasteiger charge is -2.28. The van der Waals surface area contributed by atoms with Gasteiger partial charge in [0.05, 0.1) is 139 Å². The van der Waals surface area contributed by atoms with E-state index in [1.165, 1.54) is 0 Å². The van der Waals surface area contributed by atoms with Gasteiger partial charge in [-0.2, -0.15) is 0 Å². The molecule has 0 amide bonds. The maximum Gasteiger partial charge on any atom is 0.680 e. The third kappa shape index (κ3) is 69.6. The monoisotopic (exact) mass is 1250 g/mol. The number of hydrogen-bond acceptors (Lipinski definition) is 14. The van der Waals surface area contributed by atoms with Gasteiger partial charge in [-0.15, -0.1) is 46.1 Å². The van der Waals surface area contributed by atoms with Crippen molar-refractivity contribution >= 4 is 17.9 Å². The van der Waals surface area contributed by atoms with E-state index < -0.39 is 17.9 Å². The minimum absolute atomic E-state index is 0.257. The molecule has 0 aliphatic carbocycles. The van der Waals surface area contributed by atoms with E-state index >= 15 is 0 Å². The average molecular weight is 1260 g/mol. The summed E-state index contributed by atoms with van der Waals surface area (Å²) in [5.74, 6) is 0. The van der Waals surface area contributed by atoms with E-state index in [0.717, 1.165) is 135 Å². The van der Waals surface area contributed by atoms with Crippen LogP contribution in [0.25, 0.3) is 0 Å². The summed E-state index contributed by atoms with van der Waals surface area (Å²) in [6.07, 6.45) is 64.8. The Bertz CT molecular complexity index is 1520. The van der Waals surface area contributed by atoms with Gasteiger partial charge in [-0.1, -0.05) is 128 Å². The smallest absolute Gasteiger partial charge is 0.375 e. The minimum Gasteiger partial charge on any atom is -0.375 e. The molecule has 0 fully saturated rings. The first-order chi connectivity index (χ1) is 42.9. The number of hydrogen-bond donors (Lipinski definition) is 0. The number of ether oxygens (including phenoxy) is 7. The first-order valence-corrected chi connectivity index (χ1v) is 36.1. The topological polar surface area (TPSA) is 129 Å². The molecule has 0 aromatic heterocycles. The van der Waals surface area contributed by atoms with Gasteiger partial charge < -0.3 is 64.1 Å². The Morgan fingerprint density at radius 2 is 0.368 bits per heavy atom. The van der Waals surface area contributed by atoms with Crippen molar-refractivity contribution in [2.24, 2.45) is 0 Å². The molecule has 0 saturated carbocycles. The largest absolute Gasteiger partial charge is 0.680 e. The lowest BCUT2D eigenvalue weighted by Crippen LogP contribution is -2.51. The van der Waals surface area contributed by atoms with Crippen LogP contribution in [0.4, 0.5) is 0 Å². The van der Waals surface area contributed by atoms with Crippen LogP contribution in [0.5, 0.6) is 0 Å². The van der Waals surface area contributed by atoms with Crippen LogP contribution in [0.1, 0.15) is 135 Å². The Hall–Kier alpha value is -3.77. The zero-order chi connectivity index (χ0) is 63.4. The molecule has 498 valence electrons. The van der Waals surface area contributed by atoms with Gasteiger partial charge >= 0.3 is 17.9 Å². The van der Waals surface area contributed by atoms with Gasteiger partial charge in [0.1, 0.15) is 0 Å². The Kier molecular flexibility index (Phi) is 73.2. The highest BCUT2D eigenvalue weighted by Crippen LogP contribution is 2.14. The molecule has 0 aliphatic heterocycles. The normalized spacial score (nSPS) is 13.3. The fourth-order valence-corrected chi connectivity index (χ4v) is 10.6. The third-order valence-electron chi connectivity index (χ3n) is 11.9. The summed E-state index contributed by atoms with van der Waals surface area (Å²) in [6, 6.07) is 0. The molecule has 0 rings (SSSR count). The van der Waals surface area contributed by atoms with Crippen LogP contribution in [-0.2, 0) is 64.1 Å². The SMILES string of the molecule is C=CCCCC=CCOCCO[Si](C)(OCCOCC=CCCCC=C)OCCOCC=CCCCC=C.C=CCCCC=CCOCCO[Si](OCCOCC=CCCCC=C)(OCCOCC=CCCCC=C)OCCOCC=CCCCC=C. The van der Waals surface area contributed by atoms with E-state index in [1.807, 2.05) is 91.6 Å². The molecule has 0 aromatic rings. The summed E-state index contributed by atoms with van der Waals surface area (Å²) < 4.78 is 83.0. The van der Waals surface area contributed by atoms with Gasteiger partial charge in [-0.3, -0.25) is 0 Å². The molecule has 0 radical (unpaired) electrons. The molecule has 14 nitrogen and oxygen atoms in total. The molecule has 0 N–H and O–H groups in total. The molecular formula is C71H122O14Si2. The second-order valence-electron chi connectivity index (χ2n) is 19.7. The molecule has 16 heteroatoms. The van der Waals surface area contributed by atoms with Crippen molar-refractivity contribution in [1.29, 1.82) is 0 Å². The summed E-state index contributed by atoms with van der Waals surface area (Å²) in [6.45, 7) is 37.1. The molecular weight excluding hydrogens is 1130 g/mol. The van der Waals surface area contributed by atoms with Crippen molar-refractivity contribution in [2.75, 3.05) is 139 Å². The lowest BCUT2D eigenvalue weighted by atomic mass is 10.2. The van der Waals surface area contributed by atoms with E-state index in [9.17, 15) is 0 Å². The van der Waals surface area contributed by atoms with Gasteiger partial charge in [0.25, 0.3) is 0 Å². The fraction of sp³-hybridized carbons (Fsp3) is 0.606. The molecule has 0 unspecified atom stereocenters. The molecule has 0 aliphatic rings. The molecule has 0 bridgehead atoms. The molecule has 0 aromatic carbocycles. The summed E-state index contributed by atoms with van der Waals surface area (Å²) in [5.41, 5.74) is 0. The van der Waals surface area contributed by atoms with E-state index in [2.05, 4.69) is 88.6 Å². The van der Waals surface area contributed by atoms with Crippen LogP contribution in [0.15, 0.2) is 174 Å². The summed E-state index contributed by atoms with van der Waals surface area (Å²) in [7, 11) is -6.43.